The summed E-state index contributed by atoms with van der Waals surface area (Å²) in [6.45, 7) is 1.56. The normalized spacial score (nSPS) is 19.7. The minimum Gasteiger partial charge on any atom is -0.379 e. The van der Waals surface area contributed by atoms with Crippen LogP contribution in [0, 0.1) is 0 Å². The molecule has 18 heavy (non-hydrogen) atoms. The van der Waals surface area contributed by atoms with Gasteiger partial charge in [0.1, 0.15) is 0 Å². The highest BCUT2D eigenvalue weighted by atomic mass is 16.5. The molecule has 1 aliphatic rings. The zero-order chi connectivity index (χ0) is 12.2. The maximum absolute atomic E-state index is 5.44. The molecule has 94 valence electrons. The Balaban J connectivity index is 1.79. The van der Waals surface area contributed by atoms with Crippen molar-refractivity contribution in [1.82, 2.24) is 20.2 Å². The molecule has 1 unspecified atom stereocenters. The molecule has 1 saturated heterocycles. The Labute approximate surface area is 105 Å². The van der Waals surface area contributed by atoms with Gasteiger partial charge >= 0.3 is 0 Å². The number of benzene rings is 1. The van der Waals surface area contributed by atoms with Crippen molar-refractivity contribution in [2.24, 2.45) is 0 Å². The Hall–Kier alpha value is -1.95. The summed E-state index contributed by atoms with van der Waals surface area (Å²) in [6.07, 6.45) is 2.16. The van der Waals surface area contributed by atoms with Gasteiger partial charge in [0.15, 0.2) is 0 Å². The molecule has 0 amide bonds. The van der Waals surface area contributed by atoms with Gasteiger partial charge in [-0.3, -0.25) is 0 Å². The molecule has 0 spiro atoms. The number of aromatic nitrogens is 4. The average Bonchev–Trinajstić information content (AvgIpc) is 2.89. The average molecular weight is 245 g/mol. The molecule has 1 fully saturated rings. The zero-order valence-electron chi connectivity index (χ0n) is 9.99. The molecule has 6 heteroatoms. The third-order valence-corrected chi connectivity index (χ3v) is 2.96. The summed E-state index contributed by atoms with van der Waals surface area (Å²) in [5.41, 5.74) is 0.946. The van der Waals surface area contributed by atoms with E-state index in [9.17, 15) is 0 Å². The van der Waals surface area contributed by atoms with Gasteiger partial charge in [-0.05, 0) is 35.4 Å². The highest BCUT2D eigenvalue weighted by Crippen LogP contribution is 2.14. The molecule has 0 aliphatic carbocycles. The third kappa shape index (κ3) is 2.33. The number of anilines is 1. The van der Waals surface area contributed by atoms with Crippen LogP contribution in [0.4, 0.5) is 5.95 Å². The maximum Gasteiger partial charge on any atom is 0.248 e. The number of nitrogens with one attached hydrogen (secondary N) is 1. The van der Waals surface area contributed by atoms with Gasteiger partial charge < -0.3 is 10.1 Å². The first kappa shape index (κ1) is 11.2. The highest BCUT2D eigenvalue weighted by Gasteiger charge is 2.17. The zero-order valence-corrected chi connectivity index (χ0v) is 9.99. The van der Waals surface area contributed by atoms with Crippen LogP contribution in [0.5, 0.6) is 0 Å². The van der Waals surface area contributed by atoms with Crippen LogP contribution in [0.1, 0.15) is 12.8 Å². The Bertz CT molecular complexity index is 492. The topological polar surface area (TPSA) is 64.9 Å². The van der Waals surface area contributed by atoms with E-state index in [2.05, 4.69) is 20.8 Å². The summed E-state index contributed by atoms with van der Waals surface area (Å²) < 4.78 is 7.14. The number of tetrazole rings is 1. The predicted octanol–water partition coefficient (Wildman–Crippen LogP) is 1.25. The van der Waals surface area contributed by atoms with Gasteiger partial charge in [-0.15, -0.1) is 0 Å². The van der Waals surface area contributed by atoms with Crippen molar-refractivity contribution in [2.45, 2.75) is 18.9 Å². The summed E-state index contributed by atoms with van der Waals surface area (Å²) in [6, 6.07) is 10.1. The fraction of sp³-hybridized carbons (Fsp3) is 0.417. The maximum atomic E-state index is 5.44. The highest BCUT2D eigenvalue weighted by molar-refractivity contribution is 5.38. The van der Waals surface area contributed by atoms with Crippen LogP contribution in [-0.4, -0.2) is 39.5 Å². The second kappa shape index (κ2) is 5.14. The number of nitrogens with zero attached hydrogens (tertiary/aromatic N) is 4. The molecule has 2 aromatic rings. The largest absolute Gasteiger partial charge is 0.379 e. The smallest absolute Gasteiger partial charge is 0.248 e. The predicted molar refractivity (Wildman–Crippen MR) is 66.6 cm³/mol. The van der Waals surface area contributed by atoms with Crippen LogP contribution in [0.2, 0.25) is 0 Å². The Morgan fingerprint density at radius 2 is 2.17 bits per heavy atom. The van der Waals surface area contributed by atoms with E-state index in [4.69, 9.17) is 4.74 Å². The Kier molecular flexibility index (Phi) is 3.18. The van der Waals surface area contributed by atoms with Gasteiger partial charge in [-0.1, -0.05) is 23.3 Å². The minimum absolute atomic E-state index is 0.284. The van der Waals surface area contributed by atoms with Crippen molar-refractivity contribution in [1.29, 1.82) is 0 Å². The van der Waals surface area contributed by atoms with Gasteiger partial charge in [0.25, 0.3) is 0 Å². The Morgan fingerprint density at radius 1 is 1.28 bits per heavy atom. The molecular formula is C12H15N5O. The molecule has 1 aliphatic heterocycles. The van der Waals surface area contributed by atoms with Crippen molar-refractivity contribution < 1.29 is 4.74 Å². The van der Waals surface area contributed by atoms with Crippen LogP contribution < -0.4 is 5.32 Å². The van der Waals surface area contributed by atoms with Crippen LogP contribution in [0.15, 0.2) is 30.3 Å². The second-order valence-electron chi connectivity index (χ2n) is 4.31. The molecule has 1 aromatic carbocycles. The molecule has 0 bridgehead atoms. The molecule has 0 radical (unpaired) electrons. The van der Waals surface area contributed by atoms with Crippen molar-refractivity contribution in [2.75, 3.05) is 18.5 Å². The minimum atomic E-state index is 0.284. The van der Waals surface area contributed by atoms with Gasteiger partial charge in [0, 0.05) is 6.61 Å². The molecule has 6 nitrogen and oxygen atoms in total. The summed E-state index contributed by atoms with van der Waals surface area (Å²) in [7, 11) is 0. The standard InChI is InChI=1S/C12H15N5O/c1-2-6-11(7-3-1)17-12(14-15-16-17)13-10-5-4-8-18-9-10/h1-3,6-7,10H,4-5,8-9H2,(H,13,14,16). The first-order valence-corrected chi connectivity index (χ1v) is 6.11. The lowest BCUT2D eigenvalue weighted by atomic mass is 10.1. The Morgan fingerprint density at radius 3 is 2.94 bits per heavy atom. The summed E-state index contributed by atoms with van der Waals surface area (Å²) in [4.78, 5) is 0. The molecule has 3 rings (SSSR count). The van der Waals surface area contributed by atoms with E-state index in [0.29, 0.717) is 12.6 Å². The lowest BCUT2D eigenvalue weighted by Gasteiger charge is -2.23. The number of hydrogen-bond donors (Lipinski definition) is 1. The third-order valence-electron chi connectivity index (χ3n) is 2.96. The molecule has 2 heterocycles. The van der Waals surface area contributed by atoms with Gasteiger partial charge in [-0.25, -0.2) is 0 Å². The van der Waals surface area contributed by atoms with Crippen LogP contribution in [-0.2, 0) is 4.74 Å². The van der Waals surface area contributed by atoms with E-state index >= 15 is 0 Å². The second-order valence-corrected chi connectivity index (χ2v) is 4.31. The van der Waals surface area contributed by atoms with Crippen molar-refractivity contribution in [3.05, 3.63) is 30.3 Å². The number of ether oxygens (including phenoxy) is 1. The first-order valence-electron chi connectivity index (χ1n) is 6.11. The lowest BCUT2D eigenvalue weighted by molar-refractivity contribution is 0.0873. The van der Waals surface area contributed by atoms with Gasteiger partial charge in [0.2, 0.25) is 5.95 Å². The van der Waals surface area contributed by atoms with E-state index in [1.54, 1.807) is 4.68 Å². The summed E-state index contributed by atoms with van der Waals surface area (Å²) in [5, 5.41) is 15.1. The van der Waals surface area contributed by atoms with Crippen LogP contribution in [0.25, 0.3) is 5.69 Å². The van der Waals surface area contributed by atoms with E-state index in [-0.39, 0.29) is 6.04 Å². The number of rotatable bonds is 3. The number of hydrogen-bond acceptors (Lipinski definition) is 5. The van der Waals surface area contributed by atoms with E-state index < -0.39 is 0 Å². The SMILES string of the molecule is c1ccc(-n2nnnc2NC2CCCOC2)cc1. The van der Waals surface area contributed by atoms with Crippen LogP contribution in [0.3, 0.4) is 0 Å². The van der Waals surface area contributed by atoms with Gasteiger partial charge in [0.05, 0.1) is 18.3 Å². The fourth-order valence-electron chi connectivity index (χ4n) is 2.06. The fourth-order valence-corrected chi connectivity index (χ4v) is 2.06. The number of para-hydroxylation sites is 1. The van der Waals surface area contributed by atoms with Crippen molar-refractivity contribution >= 4 is 5.95 Å². The quantitative estimate of drug-likeness (QED) is 0.881. The summed E-state index contributed by atoms with van der Waals surface area (Å²) >= 11 is 0. The van der Waals surface area contributed by atoms with Crippen molar-refractivity contribution in [3.8, 4) is 5.69 Å². The monoisotopic (exact) mass is 245 g/mol. The molecule has 1 aromatic heterocycles. The molecule has 0 saturated carbocycles. The molecule has 1 N–H and O–H groups in total. The van der Waals surface area contributed by atoms with E-state index in [0.717, 1.165) is 25.1 Å². The summed E-state index contributed by atoms with van der Waals surface area (Å²) in [5.74, 6) is 0.664. The van der Waals surface area contributed by atoms with Gasteiger partial charge in [-0.2, -0.15) is 4.68 Å². The van der Waals surface area contributed by atoms with Crippen LogP contribution >= 0.6 is 0 Å². The first-order chi connectivity index (χ1) is 8.93. The lowest BCUT2D eigenvalue weighted by Crippen LogP contribution is -2.31. The molecule has 1 atom stereocenters. The molecular weight excluding hydrogens is 230 g/mol. The van der Waals surface area contributed by atoms with E-state index in [1.165, 1.54) is 0 Å². The van der Waals surface area contributed by atoms with Crippen molar-refractivity contribution in [3.63, 3.8) is 0 Å². The van der Waals surface area contributed by atoms with E-state index in [1.807, 2.05) is 30.3 Å².